The van der Waals surface area contributed by atoms with Crippen molar-refractivity contribution in [3.8, 4) is 0 Å². The summed E-state index contributed by atoms with van der Waals surface area (Å²) in [5, 5.41) is 13.8. The normalized spacial score (nSPS) is 10.8. The number of aliphatic hydroxyl groups excluding tert-OH is 1. The Hall–Kier alpha value is -1.88. The van der Waals surface area contributed by atoms with Crippen LogP contribution >= 0.6 is 0 Å². The first-order valence-corrected chi connectivity index (χ1v) is 5.24. The van der Waals surface area contributed by atoms with E-state index in [1.165, 1.54) is 0 Å². The van der Waals surface area contributed by atoms with E-state index in [2.05, 4.69) is 10.6 Å². The third-order valence-electron chi connectivity index (χ3n) is 2.09. The number of carbonyl (C=O) groups is 2. The molecule has 5 heteroatoms. The van der Waals surface area contributed by atoms with Crippen LogP contribution in [0, 0.1) is 0 Å². The van der Waals surface area contributed by atoms with Crippen molar-refractivity contribution in [2.75, 3.05) is 11.9 Å². The predicted octanol–water partition coefficient (Wildman–Crippen LogP) is 0.512. The molecule has 1 aromatic carbocycles. The second-order valence-electron chi connectivity index (χ2n) is 4.32. The van der Waals surface area contributed by atoms with Gasteiger partial charge in [-0.25, -0.2) is 0 Å². The van der Waals surface area contributed by atoms with Crippen LogP contribution in [0.1, 0.15) is 13.8 Å². The highest BCUT2D eigenvalue weighted by Crippen LogP contribution is 2.05. The Morgan fingerprint density at radius 2 is 1.76 bits per heavy atom. The first kappa shape index (κ1) is 13.2. The third kappa shape index (κ3) is 4.24. The number of amides is 2. The predicted molar refractivity (Wildman–Crippen MR) is 64.4 cm³/mol. The van der Waals surface area contributed by atoms with E-state index in [0.29, 0.717) is 5.69 Å². The molecule has 0 atom stereocenters. The second kappa shape index (κ2) is 5.45. The van der Waals surface area contributed by atoms with Crippen molar-refractivity contribution in [1.82, 2.24) is 5.32 Å². The van der Waals surface area contributed by atoms with Gasteiger partial charge in [0.1, 0.15) is 0 Å². The average Bonchev–Trinajstić information content (AvgIpc) is 2.30. The molecule has 0 aliphatic rings. The Morgan fingerprint density at radius 3 is 2.29 bits per heavy atom. The molecule has 1 rings (SSSR count). The summed E-state index contributed by atoms with van der Waals surface area (Å²) < 4.78 is 0. The van der Waals surface area contributed by atoms with Crippen molar-refractivity contribution in [2.24, 2.45) is 0 Å². The van der Waals surface area contributed by atoms with E-state index in [-0.39, 0.29) is 6.61 Å². The van der Waals surface area contributed by atoms with Crippen LogP contribution < -0.4 is 10.6 Å². The molecule has 1 aromatic rings. The summed E-state index contributed by atoms with van der Waals surface area (Å²) in [5.41, 5.74) is -0.264. The quantitative estimate of drug-likeness (QED) is 0.669. The van der Waals surface area contributed by atoms with Gasteiger partial charge in [-0.15, -0.1) is 0 Å². The lowest BCUT2D eigenvalue weighted by molar-refractivity contribution is -0.137. The minimum absolute atomic E-state index is 0.239. The van der Waals surface area contributed by atoms with Crippen molar-refractivity contribution < 1.29 is 14.7 Å². The van der Waals surface area contributed by atoms with E-state index in [1.807, 2.05) is 6.07 Å². The van der Waals surface area contributed by atoms with Crippen LogP contribution in [-0.2, 0) is 9.59 Å². The molecule has 0 unspecified atom stereocenters. The number of carbonyl (C=O) groups excluding carboxylic acids is 2. The topological polar surface area (TPSA) is 78.4 Å². The largest absolute Gasteiger partial charge is 0.394 e. The summed E-state index contributed by atoms with van der Waals surface area (Å²) in [6, 6.07) is 8.69. The summed E-state index contributed by atoms with van der Waals surface area (Å²) in [7, 11) is 0. The lowest BCUT2D eigenvalue weighted by atomic mass is 10.1. The smallest absolute Gasteiger partial charge is 0.313 e. The second-order valence-corrected chi connectivity index (χ2v) is 4.32. The first-order valence-electron chi connectivity index (χ1n) is 5.24. The molecule has 0 spiro atoms. The number of para-hydroxylation sites is 1. The SMILES string of the molecule is CC(C)(CO)NC(=O)C(=O)Nc1ccccc1. The third-order valence-corrected chi connectivity index (χ3v) is 2.09. The molecule has 92 valence electrons. The Kier molecular flexibility index (Phi) is 4.23. The number of benzene rings is 1. The molecule has 0 bridgehead atoms. The molecule has 0 radical (unpaired) electrons. The lowest BCUT2D eigenvalue weighted by Crippen LogP contribution is -2.50. The highest BCUT2D eigenvalue weighted by atomic mass is 16.3. The van der Waals surface area contributed by atoms with E-state index in [9.17, 15) is 9.59 Å². The van der Waals surface area contributed by atoms with E-state index in [0.717, 1.165) is 0 Å². The minimum atomic E-state index is -0.814. The van der Waals surface area contributed by atoms with Crippen LogP contribution in [-0.4, -0.2) is 29.1 Å². The molecular formula is C12H16N2O3. The molecule has 5 nitrogen and oxygen atoms in total. The summed E-state index contributed by atoms with van der Waals surface area (Å²) in [4.78, 5) is 23.0. The van der Waals surface area contributed by atoms with Crippen LogP contribution in [0.4, 0.5) is 5.69 Å². The van der Waals surface area contributed by atoms with Gasteiger partial charge in [0, 0.05) is 5.69 Å². The molecule has 3 N–H and O–H groups in total. The number of aliphatic hydroxyl groups is 1. The fourth-order valence-electron chi connectivity index (χ4n) is 1.11. The molecule has 0 saturated heterocycles. The van der Waals surface area contributed by atoms with Gasteiger partial charge >= 0.3 is 11.8 Å². The van der Waals surface area contributed by atoms with Gasteiger partial charge in [0.15, 0.2) is 0 Å². The number of hydrogen-bond donors (Lipinski definition) is 3. The van der Waals surface area contributed by atoms with Gasteiger partial charge in [0.2, 0.25) is 0 Å². The van der Waals surface area contributed by atoms with Crippen molar-refractivity contribution in [3.05, 3.63) is 30.3 Å². The average molecular weight is 236 g/mol. The van der Waals surface area contributed by atoms with Crippen molar-refractivity contribution in [2.45, 2.75) is 19.4 Å². The molecule has 0 aromatic heterocycles. The molecular weight excluding hydrogens is 220 g/mol. The Bertz CT molecular complexity index is 401. The zero-order chi connectivity index (χ0) is 12.9. The molecule has 0 heterocycles. The zero-order valence-corrected chi connectivity index (χ0v) is 9.86. The molecule has 17 heavy (non-hydrogen) atoms. The van der Waals surface area contributed by atoms with Crippen LogP contribution in [0.2, 0.25) is 0 Å². The maximum absolute atomic E-state index is 11.5. The fraction of sp³-hybridized carbons (Fsp3) is 0.333. The Morgan fingerprint density at radius 1 is 1.18 bits per heavy atom. The summed E-state index contributed by atoms with van der Waals surface area (Å²) >= 11 is 0. The first-order chi connectivity index (χ1) is 7.94. The maximum Gasteiger partial charge on any atom is 0.313 e. The van der Waals surface area contributed by atoms with Crippen molar-refractivity contribution >= 4 is 17.5 Å². The molecule has 0 fully saturated rings. The summed E-state index contributed by atoms with van der Waals surface area (Å²) in [6.07, 6.45) is 0. The van der Waals surface area contributed by atoms with Gasteiger partial charge in [-0.1, -0.05) is 18.2 Å². The number of rotatable bonds is 3. The number of hydrogen-bond acceptors (Lipinski definition) is 3. The van der Waals surface area contributed by atoms with Crippen LogP contribution in [0.25, 0.3) is 0 Å². The minimum Gasteiger partial charge on any atom is -0.394 e. The van der Waals surface area contributed by atoms with Gasteiger partial charge < -0.3 is 15.7 Å². The Labute approximate surface area is 99.8 Å². The van der Waals surface area contributed by atoms with Crippen LogP contribution in [0.5, 0.6) is 0 Å². The zero-order valence-electron chi connectivity index (χ0n) is 9.86. The van der Waals surface area contributed by atoms with Crippen molar-refractivity contribution in [3.63, 3.8) is 0 Å². The van der Waals surface area contributed by atoms with Crippen molar-refractivity contribution in [1.29, 1.82) is 0 Å². The molecule has 0 aliphatic carbocycles. The fourth-order valence-corrected chi connectivity index (χ4v) is 1.11. The summed E-state index contributed by atoms with van der Waals surface area (Å²) in [5.74, 6) is -1.52. The van der Waals surface area contributed by atoms with Gasteiger partial charge in [-0.2, -0.15) is 0 Å². The van der Waals surface area contributed by atoms with E-state index >= 15 is 0 Å². The standard InChI is InChI=1S/C12H16N2O3/c1-12(2,8-15)14-11(17)10(16)13-9-6-4-3-5-7-9/h3-7,15H,8H2,1-2H3,(H,13,16)(H,14,17). The molecule has 0 saturated carbocycles. The number of anilines is 1. The molecule has 0 aliphatic heterocycles. The van der Waals surface area contributed by atoms with E-state index < -0.39 is 17.4 Å². The van der Waals surface area contributed by atoms with Crippen LogP contribution in [0.3, 0.4) is 0 Å². The van der Waals surface area contributed by atoms with E-state index in [1.54, 1.807) is 38.1 Å². The van der Waals surface area contributed by atoms with Gasteiger partial charge in [-0.3, -0.25) is 9.59 Å². The maximum atomic E-state index is 11.5. The van der Waals surface area contributed by atoms with Gasteiger partial charge in [0.25, 0.3) is 0 Å². The number of nitrogens with one attached hydrogen (secondary N) is 2. The lowest BCUT2D eigenvalue weighted by Gasteiger charge is -2.22. The van der Waals surface area contributed by atoms with Crippen LogP contribution in [0.15, 0.2) is 30.3 Å². The molecule has 2 amide bonds. The van der Waals surface area contributed by atoms with E-state index in [4.69, 9.17) is 5.11 Å². The van der Waals surface area contributed by atoms with Gasteiger partial charge in [-0.05, 0) is 26.0 Å². The summed E-state index contributed by atoms with van der Waals surface area (Å²) in [6.45, 7) is 3.01. The highest BCUT2D eigenvalue weighted by molar-refractivity contribution is 6.39. The van der Waals surface area contributed by atoms with Gasteiger partial charge in [0.05, 0.1) is 12.1 Å². The highest BCUT2D eigenvalue weighted by Gasteiger charge is 2.23. The monoisotopic (exact) mass is 236 g/mol. The Balaban J connectivity index is 2.57.